The summed E-state index contributed by atoms with van der Waals surface area (Å²) in [6, 6.07) is 10.1. The van der Waals surface area contributed by atoms with Crippen molar-refractivity contribution in [3.05, 3.63) is 51.9 Å². The Kier molecular flexibility index (Phi) is 5.55. The number of anilines is 1. The van der Waals surface area contributed by atoms with Crippen LogP contribution in [0.3, 0.4) is 0 Å². The third-order valence-corrected chi connectivity index (χ3v) is 4.83. The van der Waals surface area contributed by atoms with Gasteiger partial charge in [-0.15, -0.1) is 11.3 Å². The Morgan fingerprint density at radius 3 is 2.46 bits per heavy atom. The molecule has 0 aliphatic rings. The molecule has 1 amide bonds. The minimum Gasteiger partial charge on any atom is -0.493 e. The fourth-order valence-corrected chi connectivity index (χ4v) is 3.47. The van der Waals surface area contributed by atoms with Gasteiger partial charge in [0.15, 0.2) is 11.5 Å². The molecule has 0 aliphatic carbocycles. The number of nitro benzene ring substituents is 1. The number of nitrogens with zero attached hydrogens (tertiary/aromatic N) is 2. The predicted molar refractivity (Wildman–Crippen MR) is 107 cm³/mol. The quantitative estimate of drug-likeness (QED) is 0.488. The summed E-state index contributed by atoms with van der Waals surface area (Å²) < 4.78 is 10.6. The Bertz CT molecular complexity index is 1050. The molecule has 9 heteroatoms. The molecule has 0 spiro atoms. The molecule has 1 aromatic heterocycles. The summed E-state index contributed by atoms with van der Waals surface area (Å²) in [6.07, 6.45) is 0. The van der Waals surface area contributed by atoms with Gasteiger partial charge in [0.2, 0.25) is 5.91 Å². The van der Waals surface area contributed by atoms with E-state index in [1.807, 2.05) is 17.5 Å². The van der Waals surface area contributed by atoms with Gasteiger partial charge in [-0.25, -0.2) is 4.98 Å². The first-order chi connectivity index (χ1) is 13.4. The van der Waals surface area contributed by atoms with Crippen molar-refractivity contribution in [2.45, 2.75) is 6.92 Å². The van der Waals surface area contributed by atoms with Crippen LogP contribution in [0.15, 0.2) is 41.8 Å². The van der Waals surface area contributed by atoms with Crippen molar-refractivity contribution in [2.75, 3.05) is 19.5 Å². The number of amides is 1. The number of thiazole rings is 1. The molecule has 0 atom stereocenters. The molecule has 0 fully saturated rings. The highest BCUT2D eigenvalue weighted by Gasteiger charge is 2.18. The Morgan fingerprint density at radius 1 is 1.11 bits per heavy atom. The van der Waals surface area contributed by atoms with E-state index in [0.29, 0.717) is 22.8 Å². The van der Waals surface area contributed by atoms with Crippen LogP contribution in [0.25, 0.3) is 21.8 Å². The van der Waals surface area contributed by atoms with Gasteiger partial charge in [0.25, 0.3) is 5.69 Å². The zero-order chi connectivity index (χ0) is 20.3. The number of ether oxygens (including phenoxy) is 2. The molecule has 0 saturated carbocycles. The van der Waals surface area contributed by atoms with Gasteiger partial charge in [0.1, 0.15) is 10.7 Å². The molecule has 1 heterocycles. The lowest BCUT2D eigenvalue weighted by Crippen LogP contribution is -2.08. The Labute approximate surface area is 164 Å². The summed E-state index contributed by atoms with van der Waals surface area (Å²) in [7, 11) is 3.13. The van der Waals surface area contributed by atoms with E-state index in [4.69, 9.17) is 9.47 Å². The van der Waals surface area contributed by atoms with Crippen LogP contribution in [-0.4, -0.2) is 30.0 Å². The number of methoxy groups -OCH3 is 2. The first-order valence-electron chi connectivity index (χ1n) is 8.17. The molecule has 2 aromatic carbocycles. The van der Waals surface area contributed by atoms with Gasteiger partial charge < -0.3 is 14.8 Å². The standard InChI is InChI=1S/C19H17N3O5S/c1-11(23)20-14-6-4-12(8-16(14)22(24)25)15-10-28-19(21-15)13-5-7-17(26-2)18(9-13)27-3/h4-10H,1-3H3,(H,20,23). The van der Waals surface area contributed by atoms with Crippen LogP contribution in [0.2, 0.25) is 0 Å². The number of carbonyl (C=O) groups is 1. The zero-order valence-electron chi connectivity index (χ0n) is 15.4. The maximum absolute atomic E-state index is 11.4. The highest BCUT2D eigenvalue weighted by Crippen LogP contribution is 2.36. The van der Waals surface area contributed by atoms with Gasteiger partial charge in [-0.1, -0.05) is 6.07 Å². The molecule has 0 radical (unpaired) electrons. The van der Waals surface area contributed by atoms with Crippen LogP contribution in [-0.2, 0) is 4.79 Å². The topological polar surface area (TPSA) is 104 Å². The van der Waals surface area contributed by atoms with Crippen molar-refractivity contribution < 1.29 is 19.2 Å². The molecule has 144 valence electrons. The van der Waals surface area contributed by atoms with Gasteiger partial charge >= 0.3 is 0 Å². The number of nitro groups is 1. The largest absolute Gasteiger partial charge is 0.493 e. The highest BCUT2D eigenvalue weighted by molar-refractivity contribution is 7.13. The smallest absolute Gasteiger partial charge is 0.293 e. The summed E-state index contributed by atoms with van der Waals surface area (Å²) in [5.74, 6) is 0.833. The number of benzene rings is 2. The van der Waals surface area contributed by atoms with Crippen molar-refractivity contribution in [2.24, 2.45) is 0 Å². The average Bonchev–Trinajstić information content (AvgIpc) is 3.17. The molecule has 3 rings (SSSR count). The van der Waals surface area contributed by atoms with Gasteiger partial charge in [-0.3, -0.25) is 14.9 Å². The molecule has 28 heavy (non-hydrogen) atoms. The molecular weight excluding hydrogens is 382 g/mol. The molecule has 1 N–H and O–H groups in total. The molecule has 3 aromatic rings. The van der Waals surface area contributed by atoms with Crippen LogP contribution >= 0.6 is 11.3 Å². The van der Waals surface area contributed by atoms with Crippen LogP contribution in [0.4, 0.5) is 11.4 Å². The fourth-order valence-electron chi connectivity index (χ4n) is 2.65. The summed E-state index contributed by atoms with van der Waals surface area (Å²) in [6.45, 7) is 1.30. The Morgan fingerprint density at radius 2 is 1.82 bits per heavy atom. The third kappa shape index (κ3) is 3.94. The van der Waals surface area contributed by atoms with E-state index >= 15 is 0 Å². The summed E-state index contributed by atoms with van der Waals surface area (Å²) in [5.41, 5.74) is 2.00. The zero-order valence-corrected chi connectivity index (χ0v) is 16.2. The molecule has 0 aliphatic heterocycles. The van der Waals surface area contributed by atoms with Gasteiger partial charge in [0, 0.05) is 29.5 Å². The van der Waals surface area contributed by atoms with Crippen LogP contribution in [0.5, 0.6) is 11.5 Å². The lowest BCUT2D eigenvalue weighted by atomic mass is 10.1. The molecular formula is C19H17N3O5S. The van der Waals surface area contributed by atoms with E-state index in [-0.39, 0.29) is 17.3 Å². The lowest BCUT2D eigenvalue weighted by molar-refractivity contribution is -0.383. The second kappa shape index (κ2) is 8.05. The first kappa shape index (κ1) is 19.3. The van der Waals surface area contributed by atoms with E-state index in [1.165, 1.54) is 30.4 Å². The van der Waals surface area contributed by atoms with E-state index in [1.54, 1.807) is 26.4 Å². The van der Waals surface area contributed by atoms with Crippen molar-refractivity contribution in [3.8, 4) is 33.3 Å². The minimum atomic E-state index is -0.531. The lowest BCUT2D eigenvalue weighted by Gasteiger charge is -2.08. The van der Waals surface area contributed by atoms with Crippen molar-refractivity contribution >= 4 is 28.6 Å². The Hall–Kier alpha value is -3.46. The SMILES string of the molecule is COc1ccc(-c2nc(-c3ccc(NC(C)=O)c([N+](=O)[O-])c3)cs2)cc1OC. The second-order valence-electron chi connectivity index (χ2n) is 5.78. The van der Waals surface area contributed by atoms with Gasteiger partial charge in [-0.05, 0) is 24.3 Å². The maximum Gasteiger partial charge on any atom is 0.293 e. The van der Waals surface area contributed by atoms with Crippen LogP contribution < -0.4 is 14.8 Å². The van der Waals surface area contributed by atoms with E-state index in [2.05, 4.69) is 10.3 Å². The number of nitrogens with one attached hydrogen (secondary N) is 1. The van der Waals surface area contributed by atoms with Crippen molar-refractivity contribution in [1.29, 1.82) is 0 Å². The summed E-state index contributed by atoms with van der Waals surface area (Å²) in [5, 5.41) is 16.4. The monoisotopic (exact) mass is 399 g/mol. The maximum atomic E-state index is 11.4. The van der Waals surface area contributed by atoms with Crippen molar-refractivity contribution in [3.63, 3.8) is 0 Å². The normalized spacial score (nSPS) is 10.4. The number of hydrogen-bond acceptors (Lipinski definition) is 7. The van der Waals surface area contributed by atoms with Crippen molar-refractivity contribution in [1.82, 2.24) is 4.98 Å². The first-order valence-corrected chi connectivity index (χ1v) is 9.05. The van der Waals surface area contributed by atoms with Gasteiger partial charge in [0.05, 0.1) is 24.8 Å². The van der Waals surface area contributed by atoms with Crippen LogP contribution in [0.1, 0.15) is 6.92 Å². The number of carbonyl (C=O) groups excluding carboxylic acids is 1. The van der Waals surface area contributed by atoms with Crippen LogP contribution in [0, 0.1) is 10.1 Å². The molecule has 0 saturated heterocycles. The number of aromatic nitrogens is 1. The molecule has 8 nitrogen and oxygen atoms in total. The number of hydrogen-bond donors (Lipinski definition) is 1. The fraction of sp³-hybridized carbons (Fsp3) is 0.158. The number of rotatable bonds is 6. The molecule has 0 bridgehead atoms. The van der Waals surface area contributed by atoms with E-state index in [9.17, 15) is 14.9 Å². The summed E-state index contributed by atoms with van der Waals surface area (Å²) in [4.78, 5) is 26.6. The molecule has 0 unspecified atom stereocenters. The predicted octanol–water partition coefficient (Wildman–Crippen LogP) is 4.36. The highest BCUT2D eigenvalue weighted by atomic mass is 32.1. The van der Waals surface area contributed by atoms with Gasteiger partial charge in [-0.2, -0.15) is 0 Å². The van der Waals surface area contributed by atoms with E-state index in [0.717, 1.165) is 10.6 Å². The Balaban J connectivity index is 1.97. The second-order valence-corrected chi connectivity index (χ2v) is 6.64. The van der Waals surface area contributed by atoms with E-state index < -0.39 is 4.92 Å². The third-order valence-electron chi connectivity index (χ3n) is 3.94. The average molecular weight is 399 g/mol. The summed E-state index contributed by atoms with van der Waals surface area (Å²) >= 11 is 1.41. The minimum absolute atomic E-state index is 0.150.